The van der Waals surface area contributed by atoms with Crippen molar-refractivity contribution >= 4 is 33.2 Å². The van der Waals surface area contributed by atoms with E-state index < -0.39 is 0 Å². The molecule has 3 heteroatoms. The third kappa shape index (κ3) is 2.93. The quantitative estimate of drug-likeness (QED) is 0.600. The third-order valence-corrected chi connectivity index (χ3v) is 4.63. The molecule has 0 spiro atoms. The van der Waals surface area contributed by atoms with Gasteiger partial charge in [-0.25, -0.2) is 4.98 Å². The predicted molar refractivity (Wildman–Crippen MR) is 93.6 cm³/mol. The number of hydrogen-bond donors (Lipinski definition) is 0. The van der Waals surface area contributed by atoms with Crippen molar-refractivity contribution in [2.75, 3.05) is 0 Å². The summed E-state index contributed by atoms with van der Waals surface area (Å²) >= 11 is 1.56. The van der Waals surface area contributed by atoms with Crippen LogP contribution in [0.4, 0.5) is 0 Å². The fourth-order valence-corrected chi connectivity index (χ4v) is 3.20. The number of aromatic nitrogens is 1. The molecule has 3 aromatic rings. The van der Waals surface area contributed by atoms with E-state index in [4.69, 9.17) is 0 Å². The fourth-order valence-electron chi connectivity index (χ4n) is 2.27. The summed E-state index contributed by atoms with van der Waals surface area (Å²) in [5.41, 5.74) is 3.88. The lowest BCUT2D eigenvalue weighted by Crippen LogP contribution is -1.86. The Bertz CT molecular complexity index is 831. The molecule has 0 aliphatic carbocycles. The van der Waals surface area contributed by atoms with Gasteiger partial charge in [-0.1, -0.05) is 50.2 Å². The van der Waals surface area contributed by atoms with Crippen LogP contribution in [0.1, 0.15) is 35.9 Å². The first kappa shape index (κ1) is 14.5. The molecule has 0 aliphatic heterocycles. The van der Waals surface area contributed by atoms with Crippen LogP contribution in [0.15, 0.2) is 48.5 Å². The SMILES string of the molecule is CC(C)c1ccc(C=C(C#N)c2nc3ccccc3s2)cc1. The first-order valence-corrected chi connectivity index (χ1v) is 8.07. The van der Waals surface area contributed by atoms with Crippen molar-refractivity contribution in [2.45, 2.75) is 19.8 Å². The molecule has 2 aromatic carbocycles. The normalized spacial score (nSPS) is 11.8. The van der Waals surface area contributed by atoms with Gasteiger partial charge in [0.25, 0.3) is 0 Å². The van der Waals surface area contributed by atoms with Crippen molar-refractivity contribution in [1.82, 2.24) is 4.98 Å². The summed E-state index contributed by atoms with van der Waals surface area (Å²) in [5, 5.41) is 10.2. The number of thiazole rings is 1. The van der Waals surface area contributed by atoms with E-state index in [2.05, 4.69) is 49.2 Å². The van der Waals surface area contributed by atoms with E-state index in [1.54, 1.807) is 11.3 Å². The summed E-state index contributed by atoms with van der Waals surface area (Å²) < 4.78 is 1.11. The van der Waals surface area contributed by atoms with Gasteiger partial charge < -0.3 is 0 Å². The van der Waals surface area contributed by atoms with Gasteiger partial charge in [0.15, 0.2) is 0 Å². The van der Waals surface area contributed by atoms with E-state index in [1.165, 1.54) is 5.56 Å². The van der Waals surface area contributed by atoms with Gasteiger partial charge in [0.1, 0.15) is 11.1 Å². The Morgan fingerprint density at radius 1 is 1.14 bits per heavy atom. The molecule has 2 nitrogen and oxygen atoms in total. The van der Waals surface area contributed by atoms with Crippen molar-refractivity contribution in [2.24, 2.45) is 0 Å². The van der Waals surface area contributed by atoms with E-state index >= 15 is 0 Å². The number of para-hydroxylation sites is 1. The number of rotatable bonds is 3. The van der Waals surface area contributed by atoms with Crippen LogP contribution in [-0.2, 0) is 0 Å². The third-order valence-electron chi connectivity index (χ3n) is 3.56. The molecule has 0 atom stereocenters. The zero-order valence-corrected chi connectivity index (χ0v) is 13.4. The Morgan fingerprint density at radius 2 is 1.86 bits per heavy atom. The maximum Gasteiger partial charge on any atom is 0.135 e. The standard InChI is InChI=1S/C19H16N2S/c1-13(2)15-9-7-14(8-10-15)11-16(12-20)19-21-17-5-3-4-6-18(17)22-19/h3-11,13H,1-2H3. The van der Waals surface area contributed by atoms with Crippen LogP contribution >= 0.6 is 11.3 Å². The summed E-state index contributed by atoms with van der Waals surface area (Å²) in [5.74, 6) is 0.512. The highest BCUT2D eigenvalue weighted by Gasteiger charge is 2.08. The Morgan fingerprint density at radius 3 is 2.50 bits per heavy atom. The van der Waals surface area contributed by atoms with Crippen LogP contribution in [0.5, 0.6) is 0 Å². The van der Waals surface area contributed by atoms with Gasteiger partial charge >= 0.3 is 0 Å². The largest absolute Gasteiger partial charge is 0.235 e. The summed E-state index contributed by atoms with van der Waals surface area (Å²) in [6.07, 6.45) is 1.90. The number of benzene rings is 2. The number of hydrogen-bond acceptors (Lipinski definition) is 3. The summed E-state index contributed by atoms with van der Waals surface area (Å²) in [6, 6.07) is 18.6. The molecule has 0 unspecified atom stereocenters. The van der Waals surface area contributed by atoms with Crippen LogP contribution in [0.3, 0.4) is 0 Å². The monoisotopic (exact) mass is 304 g/mol. The number of nitriles is 1. The summed E-state index contributed by atoms with van der Waals surface area (Å²) in [7, 11) is 0. The predicted octanol–water partition coefficient (Wildman–Crippen LogP) is 5.48. The molecule has 0 saturated heterocycles. The second-order valence-corrected chi connectivity index (χ2v) is 6.51. The minimum Gasteiger partial charge on any atom is -0.235 e. The first-order chi connectivity index (χ1) is 10.7. The molecule has 1 heterocycles. The number of allylic oxidation sites excluding steroid dienone is 1. The maximum absolute atomic E-state index is 9.46. The number of nitrogens with zero attached hydrogens (tertiary/aromatic N) is 2. The average molecular weight is 304 g/mol. The van der Waals surface area contributed by atoms with Gasteiger partial charge in [0.05, 0.1) is 15.8 Å². The Balaban J connectivity index is 1.97. The minimum atomic E-state index is 0.512. The zero-order valence-electron chi connectivity index (χ0n) is 12.6. The van der Waals surface area contributed by atoms with Crippen LogP contribution in [0.2, 0.25) is 0 Å². The van der Waals surface area contributed by atoms with Crippen molar-refractivity contribution in [1.29, 1.82) is 5.26 Å². The highest BCUT2D eigenvalue weighted by atomic mass is 32.1. The number of fused-ring (bicyclic) bond motifs is 1. The second kappa shape index (κ2) is 6.13. The van der Waals surface area contributed by atoms with Crippen LogP contribution < -0.4 is 0 Å². The minimum absolute atomic E-state index is 0.512. The van der Waals surface area contributed by atoms with Crippen molar-refractivity contribution in [3.8, 4) is 6.07 Å². The molecular weight excluding hydrogens is 288 g/mol. The molecule has 0 fully saturated rings. The molecule has 0 bridgehead atoms. The van der Waals surface area contributed by atoms with Gasteiger partial charge in [-0.15, -0.1) is 11.3 Å². The Hall–Kier alpha value is -2.44. The first-order valence-electron chi connectivity index (χ1n) is 7.25. The van der Waals surface area contributed by atoms with Crippen LogP contribution in [-0.4, -0.2) is 4.98 Å². The smallest absolute Gasteiger partial charge is 0.135 e. The molecule has 0 aliphatic rings. The molecule has 0 amide bonds. The van der Waals surface area contributed by atoms with E-state index in [9.17, 15) is 5.26 Å². The van der Waals surface area contributed by atoms with Crippen molar-refractivity contribution in [3.05, 3.63) is 64.7 Å². The highest BCUT2D eigenvalue weighted by molar-refractivity contribution is 7.19. The second-order valence-electron chi connectivity index (χ2n) is 5.48. The van der Waals surface area contributed by atoms with Gasteiger partial charge in [0, 0.05) is 0 Å². The molecule has 1 aromatic heterocycles. The molecule has 0 N–H and O–H groups in total. The maximum atomic E-state index is 9.46. The molecule has 0 saturated carbocycles. The van der Waals surface area contributed by atoms with E-state index in [0.717, 1.165) is 20.8 Å². The molecule has 3 rings (SSSR count). The van der Waals surface area contributed by atoms with E-state index in [0.29, 0.717) is 11.5 Å². The molecule has 0 radical (unpaired) electrons. The molecular formula is C19H16N2S. The van der Waals surface area contributed by atoms with Gasteiger partial charge in [0.2, 0.25) is 0 Å². The van der Waals surface area contributed by atoms with Crippen molar-refractivity contribution in [3.63, 3.8) is 0 Å². The van der Waals surface area contributed by atoms with E-state index in [-0.39, 0.29) is 0 Å². The van der Waals surface area contributed by atoms with Gasteiger partial charge in [-0.2, -0.15) is 5.26 Å². The van der Waals surface area contributed by atoms with Gasteiger partial charge in [-0.05, 0) is 35.3 Å². The van der Waals surface area contributed by atoms with Gasteiger partial charge in [-0.3, -0.25) is 0 Å². The van der Waals surface area contributed by atoms with Crippen LogP contribution in [0.25, 0.3) is 21.9 Å². The zero-order chi connectivity index (χ0) is 15.5. The highest BCUT2D eigenvalue weighted by Crippen LogP contribution is 2.28. The van der Waals surface area contributed by atoms with Crippen LogP contribution in [0, 0.1) is 11.3 Å². The summed E-state index contributed by atoms with van der Waals surface area (Å²) in [4.78, 5) is 4.55. The Labute approximate surface area is 134 Å². The van der Waals surface area contributed by atoms with Crippen molar-refractivity contribution < 1.29 is 0 Å². The molecule has 22 heavy (non-hydrogen) atoms. The fraction of sp³-hybridized carbons (Fsp3) is 0.158. The Kier molecular flexibility index (Phi) is 4.04. The van der Waals surface area contributed by atoms with E-state index in [1.807, 2.05) is 30.3 Å². The lowest BCUT2D eigenvalue weighted by atomic mass is 10.0. The topological polar surface area (TPSA) is 36.7 Å². The summed E-state index contributed by atoms with van der Waals surface area (Å²) in [6.45, 7) is 4.35. The molecule has 108 valence electrons. The lowest BCUT2D eigenvalue weighted by Gasteiger charge is -2.04. The average Bonchev–Trinajstić information content (AvgIpc) is 2.96. The lowest BCUT2D eigenvalue weighted by molar-refractivity contribution is 0.866.